The molecule has 0 unspecified atom stereocenters. The molecule has 104 valence electrons. The first-order valence-electron chi connectivity index (χ1n) is 6.29. The number of aromatic hydroxyl groups is 1. The van der Waals surface area contributed by atoms with Gasteiger partial charge in [-0.1, -0.05) is 0 Å². The summed E-state index contributed by atoms with van der Waals surface area (Å²) in [7, 11) is 1.55. The minimum absolute atomic E-state index is 0.121. The number of nitrogens with zero attached hydrogens (tertiary/aromatic N) is 1. The number of aryl methyl sites for hydroxylation is 2. The number of benzene rings is 2. The van der Waals surface area contributed by atoms with Crippen molar-refractivity contribution in [2.24, 2.45) is 4.99 Å². The fraction of sp³-hybridized carbons (Fsp3) is 0.188. The van der Waals surface area contributed by atoms with Crippen molar-refractivity contribution in [3.63, 3.8) is 0 Å². The van der Waals surface area contributed by atoms with Gasteiger partial charge in [-0.15, -0.1) is 0 Å². The molecule has 4 nitrogen and oxygen atoms in total. The average molecular weight is 270 g/mol. The Bertz CT molecular complexity index is 664. The topological polar surface area (TPSA) is 67.8 Å². The maximum absolute atomic E-state index is 9.87. The Morgan fingerprint density at radius 3 is 2.50 bits per heavy atom. The van der Waals surface area contributed by atoms with Crippen LogP contribution in [-0.2, 0) is 0 Å². The second kappa shape index (κ2) is 5.65. The minimum Gasteiger partial charge on any atom is -0.507 e. The van der Waals surface area contributed by atoms with Crippen molar-refractivity contribution in [1.82, 2.24) is 0 Å². The van der Waals surface area contributed by atoms with Gasteiger partial charge in [0.05, 0.1) is 18.5 Å². The van der Waals surface area contributed by atoms with Crippen molar-refractivity contribution < 1.29 is 9.84 Å². The summed E-state index contributed by atoms with van der Waals surface area (Å²) in [5, 5.41) is 9.87. The summed E-state index contributed by atoms with van der Waals surface area (Å²) in [6.07, 6.45) is 1.59. The summed E-state index contributed by atoms with van der Waals surface area (Å²) < 4.78 is 5.04. The Labute approximate surface area is 118 Å². The highest BCUT2D eigenvalue weighted by atomic mass is 16.5. The molecule has 2 rings (SSSR count). The van der Waals surface area contributed by atoms with Crippen molar-refractivity contribution in [3.8, 4) is 11.5 Å². The summed E-state index contributed by atoms with van der Waals surface area (Å²) in [6, 6.07) is 8.89. The van der Waals surface area contributed by atoms with Gasteiger partial charge < -0.3 is 15.6 Å². The third kappa shape index (κ3) is 2.91. The molecular formula is C16H18N2O2. The van der Waals surface area contributed by atoms with Crippen LogP contribution in [0, 0.1) is 13.8 Å². The molecule has 0 amide bonds. The molecule has 0 spiro atoms. The molecule has 4 heteroatoms. The summed E-state index contributed by atoms with van der Waals surface area (Å²) in [6.45, 7) is 4.02. The third-order valence-corrected chi connectivity index (χ3v) is 3.22. The van der Waals surface area contributed by atoms with Crippen LogP contribution in [0.4, 0.5) is 11.4 Å². The maximum Gasteiger partial charge on any atom is 0.128 e. The van der Waals surface area contributed by atoms with Gasteiger partial charge in [0.1, 0.15) is 11.5 Å². The molecule has 0 aromatic heterocycles. The lowest BCUT2D eigenvalue weighted by Crippen LogP contribution is -1.90. The lowest BCUT2D eigenvalue weighted by molar-refractivity contribution is 0.407. The van der Waals surface area contributed by atoms with Gasteiger partial charge in [0.25, 0.3) is 0 Å². The number of methoxy groups -OCH3 is 1. The van der Waals surface area contributed by atoms with Crippen LogP contribution in [0.5, 0.6) is 11.5 Å². The maximum atomic E-state index is 9.87. The number of aliphatic imine (C=N–C) groups is 1. The molecule has 20 heavy (non-hydrogen) atoms. The molecule has 0 aliphatic heterocycles. The first kappa shape index (κ1) is 13.9. The smallest absolute Gasteiger partial charge is 0.128 e. The molecule has 0 aliphatic carbocycles. The quantitative estimate of drug-likeness (QED) is 0.664. The number of hydrogen-bond acceptors (Lipinski definition) is 4. The van der Waals surface area contributed by atoms with Gasteiger partial charge in [0, 0.05) is 17.8 Å². The number of nitrogen functional groups attached to an aromatic ring is 1. The normalized spacial score (nSPS) is 10.9. The molecular weight excluding hydrogens is 252 g/mol. The van der Waals surface area contributed by atoms with E-state index in [1.807, 2.05) is 26.0 Å². The van der Waals surface area contributed by atoms with Crippen molar-refractivity contribution in [3.05, 3.63) is 47.0 Å². The fourth-order valence-corrected chi connectivity index (χ4v) is 1.83. The van der Waals surface area contributed by atoms with E-state index in [-0.39, 0.29) is 5.75 Å². The standard InChI is InChI=1S/C16H18N2O2/c1-10-6-14(17)15(7-11(10)2)18-9-12-4-5-13(20-3)8-16(12)19/h4-9,19H,17H2,1-3H3. The Kier molecular flexibility index (Phi) is 3.94. The third-order valence-electron chi connectivity index (χ3n) is 3.22. The zero-order chi connectivity index (χ0) is 14.7. The van der Waals surface area contributed by atoms with Crippen LogP contribution in [0.25, 0.3) is 0 Å². The van der Waals surface area contributed by atoms with E-state index in [4.69, 9.17) is 10.5 Å². The SMILES string of the molecule is COc1ccc(C=Nc2cc(C)c(C)cc2N)c(O)c1. The van der Waals surface area contributed by atoms with E-state index in [1.165, 1.54) is 0 Å². The lowest BCUT2D eigenvalue weighted by Gasteiger charge is -2.06. The van der Waals surface area contributed by atoms with E-state index in [9.17, 15) is 5.11 Å². The second-order valence-electron chi connectivity index (χ2n) is 4.68. The molecule has 2 aromatic carbocycles. The first-order chi connectivity index (χ1) is 9.51. The molecule has 0 atom stereocenters. The Morgan fingerprint density at radius 2 is 1.85 bits per heavy atom. The lowest BCUT2D eigenvalue weighted by atomic mass is 10.1. The van der Waals surface area contributed by atoms with Crippen LogP contribution in [-0.4, -0.2) is 18.4 Å². The van der Waals surface area contributed by atoms with E-state index in [0.717, 1.165) is 11.1 Å². The van der Waals surface area contributed by atoms with Gasteiger partial charge in [0.2, 0.25) is 0 Å². The van der Waals surface area contributed by atoms with E-state index in [1.54, 1.807) is 31.5 Å². The zero-order valence-corrected chi connectivity index (χ0v) is 11.8. The number of ether oxygens (including phenoxy) is 1. The fourth-order valence-electron chi connectivity index (χ4n) is 1.83. The highest BCUT2D eigenvalue weighted by Crippen LogP contribution is 2.27. The predicted octanol–water partition coefficient (Wildman–Crippen LogP) is 3.35. The van der Waals surface area contributed by atoms with Crippen molar-refractivity contribution >= 4 is 17.6 Å². The van der Waals surface area contributed by atoms with Crippen molar-refractivity contribution in [2.45, 2.75) is 13.8 Å². The summed E-state index contributed by atoms with van der Waals surface area (Å²) in [4.78, 5) is 4.34. The van der Waals surface area contributed by atoms with Gasteiger partial charge in [-0.25, -0.2) is 0 Å². The van der Waals surface area contributed by atoms with Gasteiger partial charge in [-0.05, 0) is 49.2 Å². The molecule has 3 N–H and O–H groups in total. The number of phenols is 1. The average Bonchev–Trinajstić information content (AvgIpc) is 2.42. The van der Waals surface area contributed by atoms with Crippen LogP contribution < -0.4 is 10.5 Å². The molecule has 0 bridgehead atoms. The van der Waals surface area contributed by atoms with E-state index >= 15 is 0 Å². The number of anilines is 1. The Morgan fingerprint density at radius 1 is 1.15 bits per heavy atom. The molecule has 0 aliphatic rings. The molecule has 0 heterocycles. The first-order valence-corrected chi connectivity index (χ1v) is 6.29. The summed E-state index contributed by atoms with van der Waals surface area (Å²) in [5.74, 6) is 0.723. The second-order valence-corrected chi connectivity index (χ2v) is 4.68. The van der Waals surface area contributed by atoms with Gasteiger partial charge in [-0.2, -0.15) is 0 Å². The van der Waals surface area contributed by atoms with Crippen molar-refractivity contribution in [1.29, 1.82) is 0 Å². The molecule has 0 radical (unpaired) electrons. The van der Waals surface area contributed by atoms with E-state index in [0.29, 0.717) is 22.7 Å². The number of nitrogens with two attached hydrogens (primary N) is 1. The van der Waals surface area contributed by atoms with Gasteiger partial charge in [-0.3, -0.25) is 4.99 Å². The Balaban J connectivity index is 2.32. The largest absolute Gasteiger partial charge is 0.507 e. The highest BCUT2D eigenvalue weighted by Gasteiger charge is 2.03. The van der Waals surface area contributed by atoms with E-state index < -0.39 is 0 Å². The molecule has 2 aromatic rings. The number of hydrogen-bond donors (Lipinski definition) is 2. The minimum atomic E-state index is 0.121. The van der Waals surface area contributed by atoms with Gasteiger partial charge in [0.15, 0.2) is 0 Å². The zero-order valence-electron chi connectivity index (χ0n) is 11.8. The summed E-state index contributed by atoms with van der Waals surface area (Å²) >= 11 is 0. The molecule has 0 fully saturated rings. The highest BCUT2D eigenvalue weighted by molar-refractivity contribution is 5.87. The predicted molar refractivity (Wildman–Crippen MR) is 82.2 cm³/mol. The Hall–Kier alpha value is -2.49. The van der Waals surface area contributed by atoms with Crippen LogP contribution in [0.2, 0.25) is 0 Å². The van der Waals surface area contributed by atoms with Crippen LogP contribution in [0.3, 0.4) is 0 Å². The molecule has 0 saturated carbocycles. The van der Waals surface area contributed by atoms with Crippen LogP contribution >= 0.6 is 0 Å². The summed E-state index contributed by atoms with van der Waals surface area (Å²) in [5.41, 5.74) is 10.1. The van der Waals surface area contributed by atoms with Crippen LogP contribution in [0.15, 0.2) is 35.3 Å². The van der Waals surface area contributed by atoms with Crippen molar-refractivity contribution in [2.75, 3.05) is 12.8 Å². The monoisotopic (exact) mass is 270 g/mol. The van der Waals surface area contributed by atoms with Crippen LogP contribution in [0.1, 0.15) is 16.7 Å². The molecule has 0 saturated heterocycles. The van der Waals surface area contributed by atoms with E-state index in [2.05, 4.69) is 4.99 Å². The number of phenolic OH excluding ortho intramolecular Hbond substituents is 1. The number of rotatable bonds is 3. The van der Waals surface area contributed by atoms with Gasteiger partial charge >= 0.3 is 0 Å².